The molecule has 0 aromatic heterocycles. The number of ether oxygens (including phenoxy) is 2. The van der Waals surface area contributed by atoms with Crippen LogP contribution in [-0.2, 0) is 4.74 Å². The van der Waals surface area contributed by atoms with Crippen LogP contribution >= 0.6 is 0 Å². The number of hydrogen-bond donors (Lipinski definition) is 1. The second kappa shape index (κ2) is 12.7. The van der Waals surface area contributed by atoms with Gasteiger partial charge < -0.3 is 19.7 Å². The summed E-state index contributed by atoms with van der Waals surface area (Å²) in [4.78, 5) is 44.5. The van der Waals surface area contributed by atoms with Gasteiger partial charge in [0.25, 0.3) is 17.7 Å². The van der Waals surface area contributed by atoms with E-state index in [1.54, 1.807) is 7.11 Å². The molecule has 0 radical (unpaired) electrons. The van der Waals surface area contributed by atoms with E-state index in [1.165, 1.54) is 42.5 Å². The number of fused-ring (bicyclic) bond motifs is 1. The first-order chi connectivity index (χ1) is 20.2. The minimum absolute atomic E-state index is 0.0982. The molecule has 1 atom stereocenters. The summed E-state index contributed by atoms with van der Waals surface area (Å²) in [5, 5.41) is 2.90. The molecular formula is C32H35FN4O5. The van der Waals surface area contributed by atoms with E-state index in [-0.39, 0.29) is 47.0 Å². The normalized spacial score (nSPS) is 16.1. The molecule has 1 unspecified atom stereocenters. The highest BCUT2D eigenvalue weighted by molar-refractivity contribution is 6.34. The van der Waals surface area contributed by atoms with Gasteiger partial charge in [-0.3, -0.25) is 19.3 Å². The number of carbonyl (C=O) groups excluding carboxylic acids is 3. The van der Waals surface area contributed by atoms with Crippen molar-refractivity contribution in [3.63, 3.8) is 0 Å². The molecule has 10 heteroatoms. The van der Waals surface area contributed by atoms with Crippen molar-refractivity contribution in [3.05, 3.63) is 89.2 Å². The average molecular weight is 575 g/mol. The third kappa shape index (κ3) is 6.29. The Morgan fingerprint density at radius 1 is 0.929 bits per heavy atom. The topological polar surface area (TPSA) is 91.4 Å². The number of para-hydroxylation sites is 2. The van der Waals surface area contributed by atoms with Crippen molar-refractivity contribution in [3.8, 4) is 5.75 Å². The van der Waals surface area contributed by atoms with Crippen molar-refractivity contribution in [1.82, 2.24) is 10.2 Å². The molecule has 220 valence electrons. The Bertz CT molecular complexity index is 1450. The first-order valence-corrected chi connectivity index (χ1v) is 14.1. The Balaban J connectivity index is 1.15. The quantitative estimate of drug-likeness (QED) is 0.367. The summed E-state index contributed by atoms with van der Waals surface area (Å²) in [7, 11) is 1.62. The van der Waals surface area contributed by atoms with Crippen LogP contribution < -0.4 is 19.9 Å². The van der Waals surface area contributed by atoms with Crippen LogP contribution in [0, 0.1) is 5.82 Å². The Morgan fingerprint density at radius 2 is 1.62 bits per heavy atom. The molecule has 0 spiro atoms. The Morgan fingerprint density at radius 3 is 2.31 bits per heavy atom. The number of halogens is 1. The molecular weight excluding hydrogens is 539 g/mol. The molecule has 0 bridgehead atoms. The van der Waals surface area contributed by atoms with Crippen molar-refractivity contribution in [1.29, 1.82) is 0 Å². The number of rotatable bonds is 10. The number of nitrogens with one attached hydrogen (secondary N) is 1. The lowest BCUT2D eigenvalue weighted by molar-refractivity contribution is 0.0584. The lowest BCUT2D eigenvalue weighted by atomic mass is 10.1. The van der Waals surface area contributed by atoms with E-state index in [0.717, 1.165) is 42.5 Å². The van der Waals surface area contributed by atoms with Gasteiger partial charge in [-0.15, -0.1) is 0 Å². The zero-order valence-corrected chi connectivity index (χ0v) is 24.0. The molecule has 0 saturated carbocycles. The Kier molecular flexibility index (Phi) is 8.84. The largest absolute Gasteiger partial charge is 0.489 e. The van der Waals surface area contributed by atoms with Gasteiger partial charge in [0.2, 0.25) is 0 Å². The smallest absolute Gasteiger partial charge is 0.266 e. The molecule has 2 heterocycles. The van der Waals surface area contributed by atoms with Crippen LogP contribution in [0.4, 0.5) is 15.8 Å². The SMILES string of the molecule is COC(CNC(=O)c1ccc2c(c1)C(=O)N(c1ccc(F)cc1)C2=O)CN1CCN(c2ccccc2OC(C)C)CC1. The summed E-state index contributed by atoms with van der Waals surface area (Å²) in [6, 6.07) is 17.6. The summed E-state index contributed by atoms with van der Waals surface area (Å²) in [5.74, 6) is -1.01. The lowest BCUT2D eigenvalue weighted by Crippen LogP contribution is -2.50. The predicted octanol–water partition coefficient (Wildman–Crippen LogP) is 3.98. The molecule has 1 fully saturated rings. The molecule has 3 aromatic rings. The standard InChI is InChI=1S/C32H35FN4O5/c1-21(2)42-29-7-5-4-6-28(29)36-16-14-35(15-17-36)20-25(41-3)19-34-30(38)22-8-13-26-27(18-22)32(40)37(31(26)39)24-11-9-23(33)10-12-24/h4-13,18,21,25H,14-17,19-20H2,1-3H3,(H,34,38). The summed E-state index contributed by atoms with van der Waals surface area (Å²) in [5.41, 5.74) is 1.97. The van der Waals surface area contributed by atoms with E-state index in [4.69, 9.17) is 9.47 Å². The fourth-order valence-corrected chi connectivity index (χ4v) is 5.27. The number of anilines is 2. The first kappa shape index (κ1) is 29.2. The summed E-state index contributed by atoms with van der Waals surface area (Å²) in [6.07, 6.45) is -0.135. The van der Waals surface area contributed by atoms with Crippen molar-refractivity contribution >= 4 is 29.1 Å². The van der Waals surface area contributed by atoms with Crippen molar-refractivity contribution in [2.24, 2.45) is 0 Å². The molecule has 1 N–H and O–H groups in total. The van der Waals surface area contributed by atoms with Crippen molar-refractivity contribution in [2.45, 2.75) is 26.1 Å². The first-order valence-electron chi connectivity index (χ1n) is 14.1. The van der Waals surface area contributed by atoms with E-state index in [2.05, 4.69) is 21.2 Å². The molecule has 5 rings (SSSR count). The fourth-order valence-electron chi connectivity index (χ4n) is 5.27. The lowest BCUT2D eigenvalue weighted by Gasteiger charge is -2.38. The van der Waals surface area contributed by atoms with Crippen LogP contribution in [0.1, 0.15) is 44.9 Å². The van der Waals surface area contributed by atoms with E-state index in [0.29, 0.717) is 6.54 Å². The van der Waals surface area contributed by atoms with E-state index in [9.17, 15) is 18.8 Å². The van der Waals surface area contributed by atoms with Gasteiger partial charge in [-0.25, -0.2) is 9.29 Å². The zero-order chi connectivity index (χ0) is 29.8. The van der Waals surface area contributed by atoms with Gasteiger partial charge in [0.15, 0.2) is 0 Å². The van der Waals surface area contributed by atoms with Crippen molar-refractivity contribution < 1.29 is 28.2 Å². The highest BCUT2D eigenvalue weighted by Crippen LogP contribution is 2.31. The third-order valence-electron chi connectivity index (χ3n) is 7.46. The molecule has 0 aliphatic carbocycles. The average Bonchev–Trinajstić information content (AvgIpc) is 3.24. The fraction of sp³-hybridized carbons (Fsp3) is 0.344. The summed E-state index contributed by atoms with van der Waals surface area (Å²) >= 11 is 0. The number of hydrogen-bond acceptors (Lipinski definition) is 7. The minimum atomic E-state index is -0.552. The summed E-state index contributed by atoms with van der Waals surface area (Å²) in [6.45, 7) is 8.35. The van der Waals surface area contributed by atoms with E-state index < -0.39 is 17.6 Å². The van der Waals surface area contributed by atoms with Crippen LogP contribution in [-0.4, -0.2) is 81.2 Å². The molecule has 3 aromatic carbocycles. The molecule has 2 aliphatic rings. The van der Waals surface area contributed by atoms with Crippen LogP contribution in [0.3, 0.4) is 0 Å². The highest BCUT2D eigenvalue weighted by atomic mass is 19.1. The number of benzene rings is 3. The number of piperazine rings is 1. The molecule has 9 nitrogen and oxygen atoms in total. The second-order valence-electron chi connectivity index (χ2n) is 10.7. The predicted molar refractivity (Wildman–Crippen MR) is 158 cm³/mol. The molecule has 3 amide bonds. The van der Waals surface area contributed by atoms with Gasteiger partial charge in [-0.1, -0.05) is 12.1 Å². The number of carbonyl (C=O) groups is 3. The molecule has 42 heavy (non-hydrogen) atoms. The highest BCUT2D eigenvalue weighted by Gasteiger charge is 2.37. The van der Waals surface area contributed by atoms with Crippen LogP contribution in [0.15, 0.2) is 66.7 Å². The van der Waals surface area contributed by atoms with E-state index in [1.807, 2.05) is 32.0 Å². The van der Waals surface area contributed by atoms with Crippen LogP contribution in [0.25, 0.3) is 0 Å². The Labute approximate surface area is 244 Å². The van der Waals surface area contributed by atoms with E-state index >= 15 is 0 Å². The third-order valence-corrected chi connectivity index (χ3v) is 7.46. The van der Waals surface area contributed by atoms with Gasteiger partial charge in [-0.05, 0) is 68.4 Å². The molecule has 2 aliphatic heterocycles. The maximum atomic E-state index is 13.3. The minimum Gasteiger partial charge on any atom is -0.489 e. The Hall–Kier alpha value is -4.28. The van der Waals surface area contributed by atoms with Crippen LogP contribution in [0.2, 0.25) is 0 Å². The van der Waals surface area contributed by atoms with Gasteiger partial charge in [0, 0.05) is 51.9 Å². The summed E-state index contributed by atoms with van der Waals surface area (Å²) < 4.78 is 25.0. The number of imide groups is 1. The number of methoxy groups -OCH3 is 1. The van der Waals surface area contributed by atoms with Gasteiger partial charge in [0.05, 0.1) is 34.7 Å². The van der Waals surface area contributed by atoms with Gasteiger partial charge in [-0.2, -0.15) is 0 Å². The monoisotopic (exact) mass is 574 g/mol. The number of amides is 3. The van der Waals surface area contributed by atoms with Gasteiger partial charge in [0.1, 0.15) is 11.6 Å². The zero-order valence-electron chi connectivity index (χ0n) is 24.0. The van der Waals surface area contributed by atoms with Gasteiger partial charge >= 0.3 is 0 Å². The number of nitrogens with zero attached hydrogens (tertiary/aromatic N) is 3. The van der Waals surface area contributed by atoms with Crippen molar-refractivity contribution in [2.75, 3.05) is 56.2 Å². The molecule has 1 saturated heterocycles. The second-order valence-corrected chi connectivity index (χ2v) is 10.7. The maximum Gasteiger partial charge on any atom is 0.266 e. The van der Waals surface area contributed by atoms with Crippen LogP contribution in [0.5, 0.6) is 5.75 Å². The maximum absolute atomic E-state index is 13.3.